The molecule has 0 amide bonds. The molecule has 0 fully saturated rings. The third kappa shape index (κ3) is 14.0. The molecule has 0 rings (SSSR count). The van der Waals surface area contributed by atoms with Crippen LogP contribution in [0.1, 0.15) is 6.42 Å². The van der Waals surface area contributed by atoms with E-state index in [4.69, 9.17) is 17.7 Å². The van der Waals surface area contributed by atoms with Crippen molar-refractivity contribution >= 4 is 51.2 Å². The number of rotatable bonds is 10. The van der Waals surface area contributed by atoms with Gasteiger partial charge in [0.15, 0.2) is 14.4 Å². The molecule has 0 spiro atoms. The van der Waals surface area contributed by atoms with Gasteiger partial charge in [-0.25, -0.2) is 0 Å². The summed E-state index contributed by atoms with van der Waals surface area (Å²) in [5.74, 6) is -2.83. The van der Waals surface area contributed by atoms with Gasteiger partial charge in [-0.05, 0) is 78.6 Å². The molecule has 0 saturated carbocycles. The molecule has 0 aliphatic carbocycles. The van der Waals surface area contributed by atoms with Gasteiger partial charge in [0.1, 0.15) is 5.92 Å². The molecule has 11 heteroatoms. The van der Waals surface area contributed by atoms with E-state index < -0.39 is 63.2 Å². The molecule has 0 aromatic heterocycles. The summed E-state index contributed by atoms with van der Waals surface area (Å²) in [6.07, 6.45) is -1.46. The summed E-state index contributed by atoms with van der Waals surface area (Å²) in [7, 11) is -8.88. The lowest BCUT2D eigenvalue weighted by Crippen LogP contribution is -2.50. The molecule has 0 saturated heterocycles. The molecular weight excluding hydrogens is 441 g/mol. The Balaban J connectivity index is 6.00. The first-order valence-corrected chi connectivity index (χ1v) is 23.6. The van der Waals surface area contributed by atoms with Crippen LogP contribution < -0.4 is 0 Å². The minimum atomic E-state index is -2.25. The Morgan fingerprint density at radius 3 is 1.31 bits per heavy atom. The average Bonchev–Trinajstić information content (AvgIpc) is 2.35. The molecule has 0 aromatic carbocycles. The molecule has 0 radical (unpaired) electrons. The number of hydrogen-bond acceptors (Lipinski definition) is 7. The number of carbonyl (C=O) groups is 3. The molecule has 0 bridgehead atoms. The average molecular weight is 481 g/mol. The number of carbonyl (C=O) groups excluding carboxylic acids is 3. The van der Waals surface area contributed by atoms with E-state index in [9.17, 15) is 14.4 Å². The molecular formula is C18H40O7Si4. The van der Waals surface area contributed by atoms with Gasteiger partial charge in [-0.1, -0.05) is 0 Å². The second kappa shape index (κ2) is 10.0. The lowest BCUT2D eigenvalue weighted by molar-refractivity contribution is -0.158. The minimum absolute atomic E-state index is 0.274. The van der Waals surface area contributed by atoms with E-state index in [1.54, 1.807) is 0 Å². The van der Waals surface area contributed by atoms with Gasteiger partial charge < -0.3 is 17.7 Å². The maximum Gasteiger partial charge on any atom is 0.321 e. The summed E-state index contributed by atoms with van der Waals surface area (Å²) in [5, 5.41) is 0. The van der Waals surface area contributed by atoms with Gasteiger partial charge >= 0.3 is 5.97 Å². The van der Waals surface area contributed by atoms with E-state index in [1.165, 1.54) is 0 Å². The predicted molar refractivity (Wildman–Crippen MR) is 125 cm³/mol. The van der Waals surface area contributed by atoms with Gasteiger partial charge in [-0.15, -0.1) is 0 Å². The fourth-order valence-electron chi connectivity index (χ4n) is 2.29. The molecule has 0 aliphatic rings. The monoisotopic (exact) mass is 480 g/mol. The van der Waals surface area contributed by atoms with Crippen molar-refractivity contribution in [3.8, 4) is 0 Å². The van der Waals surface area contributed by atoms with Crippen LogP contribution in [0.25, 0.3) is 0 Å². The largest absolute Gasteiger partial charge is 0.520 e. The van der Waals surface area contributed by atoms with Crippen LogP contribution in [0, 0.1) is 5.92 Å². The summed E-state index contributed by atoms with van der Waals surface area (Å²) < 4.78 is 22.9. The second-order valence-electron chi connectivity index (χ2n) is 11.1. The summed E-state index contributed by atoms with van der Waals surface area (Å²) in [4.78, 5) is 38.5. The van der Waals surface area contributed by atoms with Crippen LogP contribution in [0.15, 0.2) is 0 Å². The Kier molecular flexibility index (Phi) is 9.77. The van der Waals surface area contributed by atoms with Crippen LogP contribution in [-0.4, -0.2) is 57.3 Å². The van der Waals surface area contributed by atoms with E-state index in [0.29, 0.717) is 0 Å². The highest BCUT2D eigenvalue weighted by molar-refractivity contribution is 6.72. The van der Waals surface area contributed by atoms with Gasteiger partial charge in [-0.3, -0.25) is 14.4 Å². The Morgan fingerprint density at radius 1 is 0.586 bits per heavy atom. The Labute approximate surface area is 180 Å². The summed E-state index contributed by atoms with van der Waals surface area (Å²) in [6.45, 7) is 22.7. The Hall–Kier alpha value is -0.762. The highest BCUT2D eigenvalue weighted by Crippen LogP contribution is 2.25. The van der Waals surface area contributed by atoms with Gasteiger partial charge in [0.2, 0.25) is 25.0 Å². The summed E-state index contributed by atoms with van der Waals surface area (Å²) in [5.41, 5.74) is 0. The van der Waals surface area contributed by atoms with Gasteiger partial charge in [0, 0.05) is 0 Å². The molecule has 0 aromatic rings. The molecule has 7 nitrogen and oxygen atoms in total. The van der Waals surface area contributed by atoms with E-state index in [2.05, 4.69) is 0 Å². The summed E-state index contributed by atoms with van der Waals surface area (Å²) >= 11 is 0. The molecule has 170 valence electrons. The second-order valence-corrected chi connectivity index (χ2v) is 28.9. The maximum atomic E-state index is 13.0. The first-order valence-electron chi connectivity index (χ1n) is 9.95. The molecule has 2 atom stereocenters. The van der Waals surface area contributed by atoms with Crippen LogP contribution >= 0.6 is 0 Å². The lowest BCUT2D eigenvalue weighted by atomic mass is 9.99. The zero-order valence-corrected chi connectivity index (χ0v) is 24.2. The van der Waals surface area contributed by atoms with Gasteiger partial charge in [0.05, 0.1) is 6.42 Å². The quantitative estimate of drug-likeness (QED) is 0.429. The third-order valence-electron chi connectivity index (χ3n) is 3.00. The molecule has 0 heterocycles. The first-order chi connectivity index (χ1) is 12.6. The fraction of sp³-hybridized carbons (Fsp3) is 0.833. The van der Waals surface area contributed by atoms with E-state index >= 15 is 0 Å². The van der Waals surface area contributed by atoms with Crippen LogP contribution in [0.3, 0.4) is 0 Å². The molecule has 0 N–H and O–H groups in total. The predicted octanol–water partition coefficient (Wildman–Crippen LogP) is 4.35. The van der Waals surface area contributed by atoms with Crippen LogP contribution in [0.5, 0.6) is 0 Å². The van der Waals surface area contributed by atoms with Crippen molar-refractivity contribution in [1.29, 1.82) is 0 Å². The van der Waals surface area contributed by atoms with Crippen molar-refractivity contribution in [1.82, 2.24) is 0 Å². The molecule has 2 unspecified atom stereocenters. The third-order valence-corrected chi connectivity index (χ3v) is 6.43. The fourth-order valence-corrected chi connectivity index (χ4v) is 5.55. The minimum Gasteiger partial charge on any atom is -0.520 e. The highest BCUT2D eigenvalue weighted by Gasteiger charge is 2.44. The van der Waals surface area contributed by atoms with Crippen molar-refractivity contribution in [3.05, 3.63) is 0 Å². The van der Waals surface area contributed by atoms with Crippen molar-refractivity contribution in [2.45, 2.75) is 91.1 Å². The van der Waals surface area contributed by atoms with Crippen molar-refractivity contribution in [2.24, 2.45) is 5.92 Å². The van der Waals surface area contributed by atoms with Crippen LogP contribution in [-0.2, 0) is 32.1 Å². The SMILES string of the molecule is C[Si](C)(C)OC(=O)CC(C(=O)O[Si](C)(C)C)C(O[Si](C)(C)C)C(=O)O[Si](C)(C)C. The Bertz CT molecular complexity index is 595. The standard InChI is InChI=1S/C18H40O7Si4/c1-26(2,3)22-15(19)13-14(17(20)24-28(7,8)9)16(23-27(4,5)6)18(21)25-29(10,11)12/h14,16H,13H2,1-12H3. The van der Waals surface area contributed by atoms with Crippen molar-refractivity contribution in [2.75, 3.05) is 0 Å². The molecule has 29 heavy (non-hydrogen) atoms. The van der Waals surface area contributed by atoms with Crippen LogP contribution in [0.4, 0.5) is 0 Å². The summed E-state index contributed by atoms with van der Waals surface area (Å²) in [6, 6.07) is 0. The number of hydrogen-bond donors (Lipinski definition) is 0. The zero-order chi connectivity index (χ0) is 23.4. The van der Waals surface area contributed by atoms with E-state index in [1.807, 2.05) is 78.6 Å². The van der Waals surface area contributed by atoms with Crippen molar-refractivity contribution < 1.29 is 32.1 Å². The normalized spacial score (nSPS) is 15.3. The Morgan fingerprint density at radius 2 is 0.966 bits per heavy atom. The van der Waals surface area contributed by atoms with Crippen molar-refractivity contribution in [3.63, 3.8) is 0 Å². The van der Waals surface area contributed by atoms with E-state index in [0.717, 1.165) is 0 Å². The maximum absolute atomic E-state index is 13.0. The highest BCUT2D eigenvalue weighted by atomic mass is 28.4. The topological polar surface area (TPSA) is 88.1 Å². The molecule has 0 aliphatic heterocycles. The smallest absolute Gasteiger partial charge is 0.321 e. The van der Waals surface area contributed by atoms with Crippen LogP contribution in [0.2, 0.25) is 78.6 Å². The first kappa shape index (κ1) is 28.2. The lowest BCUT2D eigenvalue weighted by Gasteiger charge is -2.33. The zero-order valence-electron chi connectivity index (χ0n) is 20.2. The van der Waals surface area contributed by atoms with Gasteiger partial charge in [0.25, 0.3) is 11.9 Å². The van der Waals surface area contributed by atoms with Gasteiger partial charge in [-0.2, -0.15) is 0 Å². The van der Waals surface area contributed by atoms with E-state index in [-0.39, 0.29) is 6.42 Å².